The van der Waals surface area contributed by atoms with Crippen molar-refractivity contribution in [1.82, 2.24) is 14.4 Å². The third kappa shape index (κ3) is 4.34. The van der Waals surface area contributed by atoms with E-state index in [-0.39, 0.29) is 24.7 Å². The van der Waals surface area contributed by atoms with E-state index in [9.17, 15) is 14.4 Å². The summed E-state index contributed by atoms with van der Waals surface area (Å²) in [5, 5.41) is 0.688. The number of carbonyl (C=O) groups is 3. The Hall–Kier alpha value is -2.67. The van der Waals surface area contributed by atoms with Crippen LogP contribution in [0.1, 0.15) is 38.1 Å². The smallest absolute Gasteiger partial charge is 0.295 e. The molecule has 2 heterocycles. The van der Waals surface area contributed by atoms with Gasteiger partial charge in [-0.15, -0.1) is 0 Å². The van der Waals surface area contributed by atoms with Gasteiger partial charge in [-0.05, 0) is 33.8 Å². The molecular formula is C22H29N3O4. The summed E-state index contributed by atoms with van der Waals surface area (Å²) in [5.74, 6) is -1.08. The molecule has 0 aliphatic carbocycles. The quantitative estimate of drug-likeness (QED) is 0.552. The minimum Gasteiger partial charge on any atom is -0.372 e. The van der Waals surface area contributed by atoms with Crippen LogP contribution in [0.25, 0.3) is 10.9 Å². The first-order valence-electron chi connectivity index (χ1n) is 10.2. The zero-order valence-electron chi connectivity index (χ0n) is 17.6. The molecule has 0 bridgehead atoms. The number of amides is 2. The van der Waals surface area contributed by atoms with Crippen LogP contribution in [0.3, 0.4) is 0 Å². The number of rotatable bonds is 6. The number of ether oxygens (including phenoxy) is 1. The molecule has 1 aromatic carbocycles. The zero-order valence-corrected chi connectivity index (χ0v) is 17.6. The summed E-state index contributed by atoms with van der Waals surface area (Å²) in [6.45, 7) is 9.85. The van der Waals surface area contributed by atoms with Crippen LogP contribution in [0.5, 0.6) is 0 Å². The van der Waals surface area contributed by atoms with E-state index < -0.39 is 11.7 Å². The molecule has 1 aliphatic rings. The lowest BCUT2D eigenvalue weighted by Crippen LogP contribution is -2.50. The Morgan fingerprint density at radius 2 is 1.69 bits per heavy atom. The monoisotopic (exact) mass is 399 g/mol. The van der Waals surface area contributed by atoms with Gasteiger partial charge >= 0.3 is 0 Å². The Balaban J connectivity index is 1.90. The predicted octanol–water partition coefficient (Wildman–Crippen LogP) is 2.33. The average Bonchev–Trinajstić information content (AvgIpc) is 3.05. The van der Waals surface area contributed by atoms with E-state index in [0.29, 0.717) is 37.1 Å². The summed E-state index contributed by atoms with van der Waals surface area (Å²) < 4.78 is 7.43. The van der Waals surface area contributed by atoms with Crippen LogP contribution >= 0.6 is 0 Å². The Morgan fingerprint density at radius 3 is 2.31 bits per heavy atom. The summed E-state index contributed by atoms with van der Waals surface area (Å²) in [4.78, 5) is 41.9. The van der Waals surface area contributed by atoms with Crippen molar-refractivity contribution < 1.29 is 19.1 Å². The molecule has 0 spiro atoms. The molecule has 1 aromatic heterocycles. The van der Waals surface area contributed by atoms with Crippen molar-refractivity contribution in [2.75, 3.05) is 26.2 Å². The molecule has 1 aliphatic heterocycles. The molecule has 156 valence electrons. The van der Waals surface area contributed by atoms with Gasteiger partial charge in [0.2, 0.25) is 5.91 Å². The molecule has 2 aromatic rings. The first-order valence-corrected chi connectivity index (χ1v) is 10.2. The van der Waals surface area contributed by atoms with Crippen molar-refractivity contribution in [3.8, 4) is 0 Å². The number of fused-ring (bicyclic) bond motifs is 1. The molecule has 0 N–H and O–H groups in total. The molecular weight excluding hydrogens is 370 g/mol. The van der Waals surface area contributed by atoms with Crippen molar-refractivity contribution in [2.45, 2.75) is 46.4 Å². The van der Waals surface area contributed by atoms with Gasteiger partial charge in [-0.25, -0.2) is 0 Å². The zero-order chi connectivity index (χ0) is 21.1. The second kappa shape index (κ2) is 8.78. The number of benzene rings is 1. The van der Waals surface area contributed by atoms with E-state index in [2.05, 4.69) is 0 Å². The Bertz CT molecular complexity index is 906. The normalized spacial score (nSPS) is 19.4. The number of nitrogens with zero attached hydrogens (tertiary/aromatic N) is 3. The lowest BCUT2D eigenvalue weighted by molar-refractivity contribution is -0.138. The fourth-order valence-corrected chi connectivity index (χ4v) is 3.98. The first kappa shape index (κ1) is 21.0. The highest BCUT2D eigenvalue weighted by atomic mass is 16.5. The second-order valence-corrected chi connectivity index (χ2v) is 7.55. The molecule has 0 unspecified atom stereocenters. The van der Waals surface area contributed by atoms with Crippen molar-refractivity contribution in [1.29, 1.82) is 0 Å². The number of ketones is 1. The molecule has 7 nitrogen and oxygen atoms in total. The molecule has 0 saturated carbocycles. The van der Waals surface area contributed by atoms with E-state index in [1.165, 1.54) is 0 Å². The van der Waals surface area contributed by atoms with Crippen molar-refractivity contribution in [3.63, 3.8) is 0 Å². The largest absolute Gasteiger partial charge is 0.372 e. The van der Waals surface area contributed by atoms with Gasteiger partial charge in [0.1, 0.15) is 6.54 Å². The summed E-state index contributed by atoms with van der Waals surface area (Å²) in [5.41, 5.74) is 1.11. The summed E-state index contributed by atoms with van der Waals surface area (Å²) in [7, 11) is 0. The highest BCUT2D eigenvalue weighted by molar-refractivity contribution is 6.44. The third-order valence-corrected chi connectivity index (χ3v) is 5.36. The van der Waals surface area contributed by atoms with Crippen LogP contribution in [-0.4, -0.2) is 70.4 Å². The van der Waals surface area contributed by atoms with E-state index in [4.69, 9.17) is 4.74 Å². The highest BCUT2D eigenvalue weighted by Crippen LogP contribution is 2.23. The Labute approximate surface area is 171 Å². The van der Waals surface area contributed by atoms with Gasteiger partial charge in [-0.1, -0.05) is 18.2 Å². The van der Waals surface area contributed by atoms with Crippen LogP contribution in [0.15, 0.2) is 30.5 Å². The number of para-hydroxylation sites is 1. The van der Waals surface area contributed by atoms with Crippen molar-refractivity contribution >= 4 is 28.5 Å². The molecule has 1 saturated heterocycles. The lowest BCUT2D eigenvalue weighted by Gasteiger charge is -2.34. The van der Waals surface area contributed by atoms with E-state index in [1.807, 2.05) is 52.0 Å². The van der Waals surface area contributed by atoms with E-state index in [1.54, 1.807) is 20.6 Å². The molecule has 2 amide bonds. The van der Waals surface area contributed by atoms with Crippen molar-refractivity contribution in [3.05, 3.63) is 36.0 Å². The number of hydrogen-bond donors (Lipinski definition) is 0. The summed E-state index contributed by atoms with van der Waals surface area (Å²) >= 11 is 0. The maximum Gasteiger partial charge on any atom is 0.295 e. The fourth-order valence-electron chi connectivity index (χ4n) is 3.98. The van der Waals surface area contributed by atoms with Crippen LogP contribution in [0, 0.1) is 0 Å². The molecule has 0 radical (unpaired) electrons. The summed E-state index contributed by atoms with van der Waals surface area (Å²) in [6, 6.07) is 7.38. The number of aromatic nitrogens is 1. The highest BCUT2D eigenvalue weighted by Gasteiger charge is 2.31. The van der Waals surface area contributed by atoms with Gasteiger partial charge < -0.3 is 19.1 Å². The molecule has 29 heavy (non-hydrogen) atoms. The minimum absolute atomic E-state index is 0.0168. The lowest BCUT2D eigenvalue weighted by atomic mass is 10.1. The fraction of sp³-hybridized carbons (Fsp3) is 0.500. The standard InChI is InChI=1S/C22H29N3O4/c1-5-23(6-2)20(26)14-24-13-18(17-9-7-8-10-19(17)24)21(27)22(28)25-11-15(3)29-16(4)12-25/h7-10,13,15-16H,5-6,11-12,14H2,1-4H3/t15-,16-/m0/s1. The van der Waals surface area contributed by atoms with Gasteiger partial charge in [-0.2, -0.15) is 0 Å². The number of morpholine rings is 1. The van der Waals surface area contributed by atoms with Crippen LogP contribution in [0.4, 0.5) is 0 Å². The second-order valence-electron chi connectivity index (χ2n) is 7.55. The molecule has 2 atom stereocenters. The molecule has 7 heteroatoms. The maximum atomic E-state index is 13.1. The van der Waals surface area contributed by atoms with Crippen molar-refractivity contribution in [2.24, 2.45) is 0 Å². The number of hydrogen-bond acceptors (Lipinski definition) is 4. The average molecular weight is 399 g/mol. The third-order valence-electron chi connectivity index (χ3n) is 5.36. The molecule has 1 fully saturated rings. The molecule has 3 rings (SSSR count). The van der Waals surface area contributed by atoms with Gasteiger partial charge in [0.15, 0.2) is 0 Å². The first-order chi connectivity index (χ1) is 13.8. The van der Waals surface area contributed by atoms with E-state index in [0.717, 1.165) is 5.52 Å². The Morgan fingerprint density at radius 1 is 1.07 bits per heavy atom. The van der Waals surface area contributed by atoms with Gasteiger partial charge in [0, 0.05) is 43.3 Å². The van der Waals surface area contributed by atoms with Gasteiger partial charge in [0.25, 0.3) is 11.7 Å². The van der Waals surface area contributed by atoms with Crippen LogP contribution in [0.2, 0.25) is 0 Å². The van der Waals surface area contributed by atoms with Crippen LogP contribution in [-0.2, 0) is 20.9 Å². The number of Topliss-reactive ketones (excluding diaryl/α,β-unsaturated/α-hetero) is 1. The van der Waals surface area contributed by atoms with Crippen LogP contribution < -0.4 is 0 Å². The minimum atomic E-state index is -0.545. The van der Waals surface area contributed by atoms with Gasteiger partial charge in [-0.3, -0.25) is 14.4 Å². The van der Waals surface area contributed by atoms with Gasteiger partial charge in [0.05, 0.1) is 17.8 Å². The summed E-state index contributed by atoms with van der Waals surface area (Å²) in [6.07, 6.45) is 1.42. The predicted molar refractivity (Wildman–Crippen MR) is 111 cm³/mol. The number of carbonyl (C=O) groups excluding carboxylic acids is 3. The maximum absolute atomic E-state index is 13.1. The topological polar surface area (TPSA) is 71.9 Å². The number of likely N-dealkylation sites (N-methyl/N-ethyl adjacent to an activating group) is 1. The Kier molecular flexibility index (Phi) is 6.37. The SMILES string of the molecule is CCN(CC)C(=O)Cn1cc(C(=O)C(=O)N2C[C@H](C)O[C@@H](C)C2)c2ccccc21. The van der Waals surface area contributed by atoms with E-state index >= 15 is 0 Å².